The normalized spacial score (nSPS) is 30.3. The van der Waals surface area contributed by atoms with Crippen molar-refractivity contribution in [3.05, 3.63) is 0 Å². The molecule has 1 atom stereocenters. The topological polar surface area (TPSA) is 18.5 Å². The Morgan fingerprint density at radius 2 is 1.17 bits per heavy atom. The Morgan fingerprint density at radius 1 is 0.500 bits per heavy atom. The first-order valence-electron chi connectivity index (χ1n) is 8.12. The van der Waals surface area contributed by atoms with Crippen LogP contribution in [0.1, 0.15) is 64.2 Å². The van der Waals surface area contributed by atoms with Crippen LogP contribution in [0.5, 0.6) is 0 Å². The van der Waals surface area contributed by atoms with Crippen LogP contribution in [-0.4, -0.2) is 26.4 Å². The van der Waals surface area contributed by atoms with Gasteiger partial charge in [-0.2, -0.15) is 0 Å². The van der Waals surface area contributed by atoms with Gasteiger partial charge in [-0.1, -0.05) is 51.4 Å². The molecule has 1 saturated carbocycles. The van der Waals surface area contributed by atoms with E-state index in [0.717, 1.165) is 44.7 Å². The smallest absolute Gasteiger partial charge is 0.0497 e. The number of ether oxygens (including phenoxy) is 2. The summed E-state index contributed by atoms with van der Waals surface area (Å²) in [6.45, 7) is 3.71. The predicted octanol–water partition coefficient (Wildman–Crippen LogP) is 4.18. The molecule has 2 heteroatoms. The van der Waals surface area contributed by atoms with Gasteiger partial charge in [0.05, 0.1) is 0 Å². The van der Waals surface area contributed by atoms with E-state index in [1.54, 1.807) is 0 Å². The Kier molecular flexibility index (Phi) is 7.11. The molecule has 18 heavy (non-hydrogen) atoms. The lowest BCUT2D eigenvalue weighted by Crippen LogP contribution is -2.22. The van der Waals surface area contributed by atoms with Crippen molar-refractivity contribution in [3.63, 3.8) is 0 Å². The largest absolute Gasteiger partial charge is 0.381 e. The van der Waals surface area contributed by atoms with Crippen molar-refractivity contribution in [1.29, 1.82) is 0 Å². The Balaban J connectivity index is 1.83. The number of rotatable bonds is 1. The summed E-state index contributed by atoms with van der Waals surface area (Å²) in [6.07, 6.45) is 13.8. The molecule has 0 amide bonds. The minimum Gasteiger partial charge on any atom is -0.381 e. The molecule has 0 aromatic heterocycles. The molecular weight excluding hydrogens is 224 g/mol. The van der Waals surface area contributed by atoms with Crippen LogP contribution in [0, 0.1) is 11.8 Å². The van der Waals surface area contributed by atoms with Crippen LogP contribution in [0.4, 0.5) is 0 Å². The van der Waals surface area contributed by atoms with Gasteiger partial charge in [0.25, 0.3) is 0 Å². The molecule has 0 aromatic rings. The molecule has 106 valence electrons. The van der Waals surface area contributed by atoms with Crippen LogP contribution >= 0.6 is 0 Å². The van der Waals surface area contributed by atoms with Crippen LogP contribution < -0.4 is 0 Å². The van der Waals surface area contributed by atoms with Crippen molar-refractivity contribution in [2.75, 3.05) is 26.4 Å². The average molecular weight is 254 g/mol. The molecule has 0 radical (unpaired) electrons. The highest BCUT2D eigenvalue weighted by Crippen LogP contribution is 2.30. The molecule has 0 aromatic carbocycles. The second-order valence-corrected chi connectivity index (χ2v) is 6.05. The molecule has 0 spiro atoms. The maximum Gasteiger partial charge on any atom is 0.0497 e. The van der Waals surface area contributed by atoms with Gasteiger partial charge in [-0.25, -0.2) is 0 Å². The van der Waals surface area contributed by atoms with E-state index in [9.17, 15) is 0 Å². The van der Waals surface area contributed by atoms with Crippen molar-refractivity contribution in [2.24, 2.45) is 11.8 Å². The SMILES string of the molecule is C1CCCCC(C2CCOCCCOC2)CCC1. The Bertz CT molecular complexity index is 163. The highest BCUT2D eigenvalue weighted by atomic mass is 16.5. The van der Waals surface area contributed by atoms with Crippen LogP contribution in [-0.2, 0) is 9.47 Å². The zero-order chi connectivity index (χ0) is 12.5. The fourth-order valence-corrected chi connectivity index (χ4v) is 3.43. The number of hydrogen-bond acceptors (Lipinski definition) is 2. The fourth-order valence-electron chi connectivity index (χ4n) is 3.43. The lowest BCUT2D eigenvalue weighted by atomic mass is 9.83. The van der Waals surface area contributed by atoms with Crippen LogP contribution in [0.3, 0.4) is 0 Å². The van der Waals surface area contributed by atoms with Gasteiger partial charge >= 0.3 is 0 Å². The molecule has 1 unspecified atom stereocenters. The predicted molar refractivity (Wildman–Crippen MR) is 74.8 cm³/mol. The third-order valence-electron chi connectivity index (χ3n) is 4.61. The Hall–Kier alpha value is -0.0800. The molecule has 2 rings (SSSR count). The summed E-state index contributed by atoms with van der Waals surface area (Å²) in [6, 6.07) is 0. The highest BCUT2D eigenvalue weighted by molar-refractivity contribution is 4.72. The lowest BCUT2D eigenvalue weighted by Gasteiger charge is -2.26. The summed E-state index contributed by atoms with van der Waals surface area (Å²) in [5.74, 6) is 1.64. The van der Waals surface area contributed by atoms with Crippen molar-refractivity contribution in [3.8, 4) is 0 Å². The van der Waals surface area contributed by atoms with Crippen LogP contribution in [0.15, 0.2) is 0 Å². The van der Waals surface area contributed by atoms with Crippen molar-refractivity contribution >= 4 is 0 Å². The number of hydrogen-bond donors (Lipinski definition) is 0. The molecule has 0 bridgehead atoms. The van der Waals surface area contributed by atoms with Crippen molar-refractivity contribution < 1.29 is 9.47 Å². The van der Waals surface area contributed by atoms with E-state index in [1.807, 2.05) is 0 Å². The molecule has 1 heterocycles. The van der Waals surface area contributed by atoms with E-state index in [-0.39, 0.29) is 0 Å². The monoisotopic (exact) mass is 254 g/mol. The minimum absolute atomic E-state index is 0.751. The van der Waals surface area contributed by atoms with Gasteiger partial charge in [0.15, 0.2) is 0 Å². The summed E-state index contributed by atoms with van der Waals surface area (Å²) < 4.78 is 11.5. The quantitative estimate of drug-likeness (QED) is 0.699. The third-order valence-corrected chi connectivity index (χ3v) is 4.61. The summed E-state index contributed by atoms with van der Waals surface area (Å²) in [7, 11) is 0. The molecule has 1 aliphatic carbocycles. The summed E-state index contributed by atoms with van der Waals surface area (Å²) in [5, 5.41) is 0. The van der Waals surface area contributed by atoms with Crippen molar-refractivity contribution in [2.45, 2.75) is 64.2 Å². The molecule has 2 fully saturated rings. The molecular formula is C16H30O2. The lowest BCUT2D eigenvalue weighted by molar-refractivity contribution is 0.0714. The second-order valence-electron chi connectivity index (χ2n) is 6.05. The Labute approximate surface area is 112 Å². The van der Waals surface area contributed by atoms with Gasteiger partial charge in [-0.05, 0) is 24.7 Å². The zero-order valence-corrected chi connectivity index (χ0v) is 11.9. The van der Waals surface area contributed by atoms with Gasteiger partial charge in [0.2, 0.25) is 0 Å². The first-order chi connectivity index (χ1) is 8.97. The van der Waals surface area contributed by atoms with E-state index < -0.39 is 0 Å². The standard InChI is InChI=1S/C16H30O2/c1-2-4-6-9-15(8-5-3-1)16-10-13-17-11-7-12-18-14-16/h15-16H,1-14H2. The maximum absolute atomic E-state index is 5.84. The van der Waals surface area contributed by atoms with E-state index in [4.69, 9.17) is 9.47 Å². The fraction of sp³-hybridized carbons (Fsp3) is 1.00. The zero-order valence-electron chi connectivity index (χ0n) is 11.9. The molecule has 2 nitrogen and oxygen atoms in total. The van der Waals surface area contributed by atoms with Crippen LogP contribution in [0.2, 0.25) is 0 Å². The Morgan fingerprint density at radius 3 is 1.94 bits per heavy atom. The van der Waals surface area contributed by atoms with E-state index in [2.05, 4.69) is 0 Å². The van der Waals surface area contributed by atoms with Gasteiger partial charge < -0.3 is 9.47 Å². The first-order valence-corrected chi connectivity index (χ1v) is 8.12. The van der Waals surface area contributed by atoms with Gasteiger partial charge in [-0.3, -0.25) is 0 Å². The van der Waals surface area contributed by atoms with Crippen LogP contribution in [0.25, 0.3) is 0 Å². The van der Waals surface area contributed by atoms with Crippen molar-refractivity contribution in [1.82, 2.24) is 0 Å². The third kappa shape index (κ3) is 5.27. The highest BCUT2D eigenvalue weighted by Gasteiger charge is 2.22. The first kappa shape index (κ1) is 14.3. The minimum atomic E-state index is 0.751. The van der Waals surface area contributed by atoms with Gasteiger partial charge in [0.1, 0.15) is 0 Å². The average Bonchev–Trinajstić information content (AvgIpc) is 2.61. The summed E-state index contributed by atoms with van der Waals surface area (Å²) in [4.78, 5) is 0. The van der Waals surface area contributed by atoms with Gasteiger partial charge in [-0.15, -0.1) is 0 Å². The maximum atomic E-state index is 5.84. The van der Waals surface area contributed by atoms with E-state index in [0.29, 0.717) is 0 Å². The summed E-state index contributed by atoms with van der Waals surface area (Å²) in [5.41, 5.74) is 0. The molecule has 0 N–H and O–H groups in total. The second kappa shape index (κ2) is 8.92. The van der Waals surface area contributed by atoms with E-state index >= 15 is 0 Å². The summed E-state index contributed by atoms with van der Waals surface area (Å²) >= 11 is 0. The van der Waals surface area contributed by atoms with Gasteiger partial charge in [0, 0.05) is 26.4 Å². The molecule has 2 aliphatic rings. The molecule has 1 aliphatic heterocycles. The van der Waals surface area contributed by atoms with E-state index in [1.165, 1.54) is 57.8 Å². The molecule has 1 saturated heterocycles.